The Morgan fingerprint density at radius 1 is 1.07 bits per heavy atom. The van der Waals surface area contributed by atoms with Gasteiger partial charge < -0.3 is 24.9 Å². The van der Waals surface area contributed by atoms with Crippen molar-refractivity contribution in [3.8, 4) is 0 Å². The van der Waals surface area contributed by atoms with Crippen molar-refractivity contribution < 1.29 is 42.9 Å². The molecule has 0 amide bonds. The summed E-state index contributed by atoms with van der Waals surface area (Å²) in [6.07, 6.45) is -1.45. The molecule has 1 atom stereocenters. The summed E-state index contributed by atoms with van der Waals surface area (Å²) < 4.78 is 28.3. The Kier molecular flexibility index (Phi) is 10.2. The Hall–Kier alpha value is 1.82. The van der Waals surface area contributed by atoms with Gasteiger partial charge in [-0.2, -0.15) is 4.31 Å². The molecule has 9 nitrogen and oxygen atoms in total. The molecule has 0 aromatic heterocycles. The van der Waals surface area contributed by atoms with Crippen LogP contribution in [0.2, 0.25) is 0 Å². The van der Waals surface area contributed by atoms with E-state index in [0.717, 1.165) is 0 Å². The van der Waals surface area contributed by atoms with Crippen molar-refractivity contribution in [2.24, 2.45) is 0 Å². The third-order valence-corrected chi connectivity index (χ3v) is 3.14. The summed E-state index contributed by atoms with van der Waals surface area (Å²) in [6.45, 7) is -1.60. The Morgan fingerprint density at radius 3 is 1.73 bits per heavy atom. The molecule has 88 valence electrons. The average molecular weight is 292 g/mol. The van der Waals surface area contributed by atoms with Crippen LogP contribution in [0.4, 0.5) is 0 Å². The number of aliphatic hydroxyl groups is 2. The predicted octanol–water partition coefficient (Wildman–Crippen LogP) is -2.08. The monoisotopic (exact) mass is 292 g/mol. The Morgan fingerprint density at radius 2 is 1.47 bits per heavy atom. The van der Waals surface area contributed by atoms with Gasteiger partial charge in [0.25, 0.3) is 0 Å². The fourth-order valence-electron chi connectivity index (χ4n) is 0.466. The van der Waals surface area contributed by atoms with E-state index in [1.165, 1.54) is 0 Å². The summed E-state index contributed by atoms with van der Waals surface area (Å²) >= 11 is 0. The zero-order chi connectivity index (χ0) is 11.4. The molecule has 12 heteroatoms. The van der Waals surface area contributed by atoms with Gasteiger partial charge in [-0.05, 0) is 0 Å². The molecular formula is C3H11KO9P2. The molecule has 0 saturated carbocycles. The van der Waals surface area contributed by atoms with Gasteiger partial charge in [0.2, 0.25) is 0 Å². The van der Waals surface area contributed by atoms with Gasteiger partial charge in [-0.25, -0.2) is 9.13 Å². The van der Waals surface area contributed by atoms with Crippen molar-refractivity contribution in [1.82, 2.24) is 0 Å². The van der Waals surface area contributed by atoms with Crippen LogP contribution in [0.5, 0.6) is 0 Å². The van der Waals surface area contributed by atoms with Crippen LogP contribution in [-0.2, 0) is 18.0 Å². The van der Waals surface area contributed by atoms with E-state index in [-0.39, 0.29) is 51.4 Å². The standard InChI is InChI=1S/C3H10O9P2.K.H/c4-1-3(2-5)11-14(9,10)12-13(6,7)8;;/h3-5H,1-2H2,(H,9,10)(H2,6,7,8);;. The van der Waals surface area contributed by atoms with Crippen molar-refractivity contribution in [3.05, 3.63) is 0 Å². The molecule has 0 aromatic rings. The normalized spacial score (nSPS) is 15.9. The molecule has 0 saturated heterocycles. The first-order valence-electron chi connectivity index (χ1n) is 3.20. The van der Waals surface area contributed by atoms with Crippen LogP contribution >= 0.6 is 15.6 Å². The molecule has 0 radical (unpaired) electrons. The Labute approximate surface area is 128 Å². The fraction of sp³-hybridized carbons (Fsp3) is 1.00. The average Bonchev–Trinajstić information content (AvgIpc) is 1.95. The number of rotatable bonds is 6. The first kappa shape index (κ1) is 19.2. The number of hydrogen-bond donors (Lipinski definition) is 5. The molecule has 5 N–H and O–H groups in total. The van der Waals surface area contributed by atoms with Crippen molar-refractivity contribution in [1.29, 1.82) is 0 Å². The topological polar surface area (TPSA) is 154 Å². The zero-order valence-corrected chi connectivity index (χ0v) is 8.54. The maximum atomic E-state index is 10.8. The van der Waals surface area contributed by atoms with Gasteiger partial charge in [-0.15, -0.1) is 0 Å². The minimum atomic E-state index is -5.17. The fourth-order valence-corrected chi connectivity index (χ4v) is 2.21. The molecular weight excluding hydrogens is 281 g/mol. The van der Waals surface area contributed by atoms with E-state index in [1.807, 2.05) is 0 Å². The van der Waals surface area contributed by atoms with Gasteiger partial charge in [0.05, 0.1) is 13.2 Å². The van der Waals surface area contributed by atoms with Crippen LogP contribution < -0.4 is 0 Å². The Balaban J connectivity index is 0. The Bertz CT molecular complexity index is 258. The molecule has 15 heavy (non-hydrogen) atoms. The number of aliphatic hydroxyl groups excluding tert-OH is 2. The van der Waals surface area contributed by atoms with Crippen LogP contribution in [0.15, 0.2) is 0 Å². The van der Waals surface area contributed by atoms with Crippen molar-refractivity contribution in [2.75, 3.05) is 13.2 Å². The quantitative estimate of drug-likeness (QED) is 0.274. The molecule has 0 spiro atoms. The second-order valence-electron chi connectivity index (χ2n) is 2.13. The summed E-state index contributed by atoms with van der Waals surface area (Å²) in [6, 6.07) is 0. The predicted molar refractivity (Wildman–Crippen MR) is 49.1 cm³/mol. The van der Waals surface area contributed by atoms with Gasteiger partial charge in [0.15, 0.2) is 0 Å². The van der Waals surface area contributed by atoms with Crippen LogP contribution in [0.1, 0.15) is 0 Å². The number of hydrogen-bond acceptors (Lipinski definition) is 6. The van der Waals surface area contributed by atoms with E-state index < -0.39 is 35.0 Å². The first-order valence-corrected chi connectivity index (χ1v) is 6.22. The maximum absolute atomic E-state index is 10.8. The molecule has 0 fully saturated rings. The van der Waals surface area contributed by atoms with E-state index in [9.17, 15) is 9.13 Å². The van der Waals surface area contributed by atoms with E-state index in [0.29, 0.717) is 0 Å². The zero-order valence-electron chi connectivity index (χ0n) is 6.76. The third kappa shape index (κ3) is 10.7. The van der Waals surface area contributed by atoms with Crippen molar-refractivity contribution in [2.45, 2.75) is 6.10 Å². The molecule has 0 aromatic carbocycles. The molecule has 0 bridgehead atoms. The molecule has 0 aliphatic carbocycles. The molecule has 0 heterocycles. The van der Waals surface area contributed by atoms with Gasteiger partial charge in [-0.3, -0.25) is 4.52 Å². The first-order chi connectivity index (χ1) is 6.20. The van der Waals surface area contributed by atoms with E-state index >= 15 is 0 Å². The SMILES string of the molecule is O=P(O)(O)OP(=O)(O)OC(CO)CO.[KH]. The second-order valence-corrected chi connectivity index (χ2v) is 4.92. The summed E-state index contributed by atoms with van der Waals surface area (Å²) in [7, 11) is -10.2. The summed E-state index contributed by atoms with van der Waals surface area (Å²) in [5.41, 5.74) is 0. The van der Waals surface area contributed by atoms with E-state index in [4.69, 9.17) is 24.9 Å². The summed E-state index contributed by atoms with van der Waals surface area (Å²) in [5, 5.41) is 16.8. The van der Waals surface area contributed by atoms with Crippen molar-refractivity contribution in [3.63, 3.8) is 0 Å². The summed E-state index contributed by atoms with van der Waals surface area (Å²) in [4.78, 5) is 25.0. The van der Waals surface area contributed by atoms with Gasteiger partial charge in [-0.1, -0.05) is 0 Å². The molecule has 0 aliphatic heterocycles. The van der Waals surface area contributed by atoms with E-state index in [1.54, 1.807) is 0 Å². The third-order valence-electron chi connectivity index (χ3n) is 0.899. The van der Waals surface area contributed by atoms with Crippen LogP contribution in [0.25, 0.3) is 0 Å². The second kappa shape index (κ2) is 8.01. The molecule has 1 unspecified atom stereocenters. The van der Waals surface area contributed by atoms with E-state index in [2.05, 4.69) is 8.83 Å². The van der Waals surface area contributed by atoms with Gasteiger partial charge >= 0.3 is 67.0 Å². The minimum absolute atomic E-state index is 0. The van der Waals surface area contributed by atoms with Crippen LogP contribution in [0, 0.1) is 0 Å². The number of phosphoric ester groups is 1. The van der Waals surface area contributed by atoms with Gasteiger partial charge in [0.1, 0.15) is 6.10 Å². The van der Waals surface area contributed by atoms with Gasteiger partial charge in [0, 0.05) is 0 Å². The molecule has 0 aliphatic rings. The number of phosphoric acid groups is 2. The van der Waals surface area contributed by atoms with Crippen molar-refractivity contribution >= 4 is 67.0 Å². The summed E-state index contributed by atoms with van der Waals surface area (Å²) in [5.74, 6) is 0. The van der Waals surface area contributed by atoms with Crippen LogP contribution in [-0.4, -0.2) is 95.6 Å². The molecule has 0 rings (SSSR count). The van der Waals surface area contributed by atoms with Crippen LogP contribution in [0.3, 0.4) is 0 Å².